The summed E-state index contributed by atoms with van der Waals surface area (Å²) < 4.78 is 5.32. The Bertz CT molecular complexity index is 1360. The van der Waals surface area contributed by atoms with Gasteiger partial charge < -0.3 is 15.4 Å². The van der Waals surface area contributed by atoms with Crippen LogP contribution in [0.5, 0.6) is 5.75 Å². The number of hydrogen-bond acceptors (Lipinski definition) is 4. The highest BCUT2D eigenvalue weighted by molar-refractivity contribution is 6.07. The van der Waals surface area contributed by atoms with Crippen LogP contribution < -0.4 is 15.4 Å². The van der Waals surface area contributed by atoms with Gasteiger partial charge in [0.1, 0.15) is 5.75 Å². The number of amides is 2. The Morgan fingerprint density at radius 1 is 0.939 bits per heavy atom. The first kappa shape index (κ1) is 20.9. The summed E-state index contributed by atoms with van der Waals surface area (Å²) in [6.45, 7) is 0.798. The van der Waals surface area contributed by atoms with Gasteiger partial charge in [-0.05, 0) is 53.9 Å². The molecule has 6 nitrogen and oxygen atoms in total. The second kappa shape index (κ2) is 8.90. The number of fused-ring (bicyclic) bond motifs is 2. The summed E-state index contributed by atoms with van der Waals surface area (Å²) in [5.74, 6) is 0.873. The third kappa shape index (κ3) is 4.51. The van der Waals surface area contributed by atoms with E-state index in [4.69, 9.17) is 9.72 Å². The van der Waals surface area contributed by atoms with Crippen LogP contribution in [0.4, 0.5) is 0 Å². The van der Waals surface area contributed by atoms with Crippen LogP contribution in [0.1, 0.15) is 23.2 Å². The van der Waals surface area contributed by atoms with E-state index >= 15 is 0 Å². The molecule has 1 saturated carbocycles. The summed E-state index contributed by atoms with van der Waals surface area (Å²) in [6, 6.07) is 21.5. The molecule has 1 aliphatic rings. The molecular weight excluding hydrogens is 414 g/mol. The first-order valence-corrected chi connectivity index (χ1v) is 11.2. The molecular formula is C27H25N3O3. The van der Waals surface area contributed by atoms with Crippen LogP contribution in [-0.2, 0) is 4.79 Å². The van der Waals surface area contributed by atoms with Gasteiger partial charge in [-0.1, -0.05) is 36.4 Å². The van der Waals surface area contributed by atoms with Gasteiger partial charge in [0.15, 0.2) is 0 Å². The molecule has 3 aromatic carbocycles. The van der Waals surface area contributed by atoms with Crippen molar-refractivity contribution in [3.05, 3.63) is 72.3 Å². The standard InChI is InChI=1S/C27H25N3O3/c1-33-21-11-10-18-14-20(9-8-19(18)15-21)25-16-23(22-4-2-3-5-24(22)30-25)27(32)29-13-12-28-26(31)17-6-7-17/h2-5,8-11,14-17H,6-7,12-13H2,1H3,(H,28,31)(H,29,32). The number of pyridine rings is 1. The topological polar surface area (TPSA) is 80.3 Å². The van der Waals surface area contributed by atoms with Crippen LogP contribution >= 0.6 is 0 Å². The van der Waals surface area contributed by atoms with Crippen molar-refractivity contribution in [3.8, 4) is 17.0 Å². The number of nitrogens with zero attached hydrogens (tertiary/aromatic N) is 1. The van der Waals surface area contributed by atoms with Crippen LogP contribution in [0.3, 0.4) is 0 Å². The molecule has 0 bridgehead atoms. The number of aromatic nitrogens is 1. The molecule has 0 radical (unpaired) electrons. The summed E-state index contributed by atoms with van der Waals surface area (Å²) in [7, 11) is 1.65. The Morgan fingerprint density at radius 2 is 1.70 bits per heavy atom. The summed E-state index contributed by atoms with van der Waals surface area (Å²) in [6.07, 6.45) is 1.93. The number of methoxy groups -OCH3 is 1. The van der Waals surface area contributed by atoms with E-state index in [0.29, 0.717) is 18.7 Å². The highest BCUT2D eigenvalue weighted by atomic mass is 16.5. The zero-order valence-corrected chi connectivity index (χ0v) is 18.4. The molecule has 4 aromatic rings. The zero-order chi connectivity index (χ0) is 22.8. The number of carbonyl (C=O) groups is 2. The van der Waals surface area contributed by atoms with Gasteiger partial charge in [0.25, 0.3) is 5.91 Å². The third-order valence-electron chi connectivity index (χ3n) is 5.96. The maximum Gasteiger partial charge on any atom is 0.252 e. The number of benzene rings is 3. The quantitative estimate of drug-likeness (QED) is 0.420. The van der Waals surface area contributed by atoms with Crippen molar-refractivity contribution >= 4 is 33.5 Å². The molecule has 166 valence electrons. The van der Waals surface area contributed by atoms with Gasteiger partial charge in [-0.15, -0.1) is 0 Å². The van der Waals surface area contributed by atoms with Crippen molar-refractivity contribution in [3.63, 3.8) is 0 Å². The predicted molar refractivity (Wildman–Crippen MR) is 129 cm³/mol. The lowest BCUT2D eigenvalue weighted by Crippen LogP contribution is -2.35. The fourth-order valence-corrected chi connectivity index (χ4v) is 3.97. The third-order valence-corrected chi connectivity index (χ3v) is 5.96. The number of ether oxygens (including phenoxy) is 1. The maximum atomic E-state index is 13.1. The molecule has 1 aromatic heterocycles. The van der Waals surface area contributed by atoms with Gasteiger partial charge in [0.2, 0.25) is 5.91 Å². The lowest BCUT2D eigenvalue weighted by Gasteiger charge is -2.12. The largest absolute Gasteiger partial charge is 0.497 e. The first-order chi connectivity index (χ1) is 16.1. The average molecular weight is 440 g/mol. The number of para-hydroxylation sites is 1. The highest BCUT2D eigenvalue weighted by Crippen LogP contribution is 2.29. The van der Waals surface area contributed by atoms with Crippen LogP contribution in [0.2, 0.25) is 0 Å². The van der Waals surface area contributed by atoms with Gasteiger partial charge in [-0.2, -0.15) is 0 Å². The van der Waals surface area contributed by atoms with Crippen molar-refractivity contribution < 1.29 is 14.3 Å². The molecule has 0 aliphatic heterocycles. The van der Waals surface area contributed by atoms with Crippen molar-refractivity contribution in [2.75, 3.05) is 20.2 Å². The number of rotatable bonds is 7. The summed E-state index contributed by atoms with van der Waals surface area (Å²) in [5.41, 5.74) is 3.00. The molecule has 0 atom stereocenters. The van der Waals surface area contributed by atoms with E-state index in [0.717, 1.165) is 51.5 Å². The minimum Gasteiger partial charge on any atom is -0.497 e. The van der Waals surface area contributed by atoms with Gasteiger partial charge >= 0.3 is 0 Å². The molecule has 1 aliphatic carbocycles. The molecule has 0 spiro atoms. The predicted octanol–water partition coefficient (Wildman–Crippen LogP) is 4.32. The first-order valence-electron chi connectivity index (χ1n) is 11.2. The van der Waals surface area contributed by atoms with Crippen molar-refractivity contribution in [2.24, 2.45) is 5.92 Å². The molecule has 5 rings (SSSR count). The minimum absolute atomic E-state index is 0.0785. The molecule has 2 N–H and O–H groups in total. The van der Waals surface area contributed by atoms with Crippen molar-refractivity contribution in [1.82, 2.24) is 15.6 Å². The van der Waals surface area contributed by atoms with Gasteiger partial charge in [0, 0.05) is 30.0 Å². The van der Waals surface area contributed by atoms with E-state index in [1.54, 1.807) is 7.11 Å². The summed E-state index contributed by atoms with van der Waals surface area (Å²) in [4.78, 5) is 29.7. The van der Waals surface area contributed by atoms with E-state index in [1.165, 1.54) is 0 Å². The van der Waals surface area contributed by atoms with Gasteiger partial charge in [-0.25, -0.2) is 4.98 Å². The van der Waals surface area contributed by atoms with Crippen LogP contribution in [0.15, 0.2) is 66.7 Å². The SMILES string of the molecule is COc1ccc2cc(-c3cc(C(=O)NCCNC(=O)C4CC4)c4ccccc4n3)ccc2c1. The number of hydrogen-bond donors (Lipinski definition) is 2. The Labute approximate surface area is 192 Å². The molecule has 6 heteroatoms. The zero-order valence-electron chi connectivity index (χ0n) is 18.4. The monoisotopic (exact) mass is 439 g/mol. The van der Waals surface area contributed by atoms with Gasteiger partial charge in [0.05, 0.1) is 23.9 Å². The van der Waals surface area contributed by atoms with Crippen LogP contribution in [0, 0.1) is 5.92 Å². The van der Waals surface area contributed by atoms with Crippen LogP contribution in [0.25, 0.3) is 32.9 Å². The second-order valence-electron chi connectivity index (χ2n) is 8.32. The molecule has 0 saturated heterocycles. The van der Waals surface area contributed by atoms with Crippen molar-refractivity contribution in [1.29, 1.82) is 0 Å². The Hall–Kier alpha value is -3.93. The average Bonchev–Trinajstić information content (AvgIpc) is 3.70. The Morgan fingerprint density at radius 3 is 2.52 bits per heavy atom. The maximum absolute atomic E-state index is 13.1. The van der Waals surface area contributed by atoms with E-state index in [2.05, 4.69) is 16.7 Å². The van der Waals surface area contributed by atoms with E-state index in [9.17, 15) is 9.59 Å². The lowest BCUT2D eigenvalue weighted by molar-refractivity contribution is -0.122. The minimum atomic E-state index is -0.180. The lowest BCUT2D eigenvalue weighted by atomic mass is 10.0. The number of nitrogens with one attached hydrogen (secondary N) is 2. The Balaban J connectivity index is 1.42. The second-order valence-corrected chi connectivity index (χ2v) is 8.32. The summed E-state index contributed by atoms with van der Waals surface area (Å²) >= 11 is 0. The Kier molecular flexibility index (Phi) is 5.65. The van der Waals surface area contributed by atoms with E-state index < -0.39 is 0 Å². The fourth-order valence-electron chi connectivity index (χ4n) is 3.97. The number of carbonyl (C=O) groups excluding carboxylic acids is 2. The molecule has 1 fully saturated rings. The van der Waals surface area contributed by atoms with E-state index in [-0.39, 0.29) is 17.7 Å². The molecule has 2 amide bonds. The van der Waals surface area contributed by atoms with Gasteiger partial charge in [-0.3, -0.25) is 9.59 Å². The molecule has 0 unspecified atom stereocenters. The summed E-state index contributed by atoms with van der Waals surface area (Å²) in [5, 5.41) is 8.75. The highest BCUT2D eigenvalue weighted by Gasteiger charge is 2.29. The normalized spacial score (nSPS) is 13.1. The molecule has 33 heavy (non-hydrogen) atoms. The van der Waals surface area contributed by atoms with E-state index in [1.807, 2.05) is 60.7 Å². The van der Waals surface area contributed by atoms with Crippen molar-refractivity contribution in [2.45, 2.75) is 12.8 Å². The molecule has 1 heterocycles. The smallest absolute Gasteiger partial charge is 0.252 e. The van der Waals surface area contributed by atoms with Crippen LogP contribution in [-0.4, -0.2) is 37.0 Å². The fraction of sp³-hybridized carbons (Fsp3) is 0.222.